The predicted octanol–water partition coefficient (Wildman–Crippen LogP) is -0.700. The second-order valence-electron chi connectivity index (χ2n) is 8.09. The van der Waals surface area contributed by atoms with Gasteiger partial charge in [-0.1, -0.05) is 0 Å². The maximum Gasteiger partial charge on any atom is 0.336 e. The molecular formula is C21H28O10. The molecule has 0 radical (unpaired) electrons. The molecule has 3 rings (SSSR count). The van der Waals surface area contributed by atoms with E-state index in [0.29, 0.717) is 22.3 Å². The van der Waals surface area contributed by atoms with Crippen molar-refractivity contribution in [2.75, 3.05) is 13.7 Å². The average molecular weight is 440 g/mol. The van der Waals surface area contributed by atoms with Crippen LogP contribution in [0.25, 0.3) is 11.0 Å². The van der Waals surface area contributed by atoms with Crippen molar-refractivity contribution < 1.29 is 44.2 Å². The quantitative estimate of drug-likeness (QED) is 0.349. The van der Waals surface area contributed by atoms with Gasteiger partial charge in [0.15, 0.2) is 6.29 Å². The summed E-state index contributed by atoms with van der Waals surface area (Å²) in [6.45, 7) is 2.57. The van der Waals surface area contributed by atoms with Crippen LogP contribution in [0, 0.1) is 0 Å². The second-order valence-corrected chi connectivity index (χ2v) is 8.09. The normalized spacial score (nSPS) is 27.9. The lowest BCUT2D eigenvalue weighted by Gasteiger charge is -2.43. The Balaban J connectivity index is 1.79. The molecule has 1 aliphatic heterocycles. The van der Waals surface area contributed by atoms with Crippen LogP contribution < -0.4 is 10.4 Å². The van der Waals surface area contributed by atoms with Gasteiger partial charge >= 0.3 is 5.63 Å². The number of hydrogen-bond donors (Lipinski definition) is 5. The van der Waals surface area contributed by atoms with Crippen LogP contribution in [-0.2, 0) is 15.9 Å². The Hall–Kier alpha value is -2.05. The Morgan fingerprint density at radius 1 is 1.13 bits per heavy atom. The van der Waals surface area contributed by atoms with Crippen molar-refractivity contribution >= 4 is 11.0 Å². The van der Waals surface area contributed by atoms with Gasteiger partial charge in [0, 0.05) is 23.9 Å². The number of ether oxygens (including phenoxy) is 3. The summed E-state index contributed by atoms with van der Waals surface area (Å²) in [6, 6.07) is 6.18. The van der Waals surface area contributed by atoms with Crippen LogP contribution >= 0.6 is 0 Å². The summed E-state index contributed by atoms with van der Waals surface area (Å²) in [6.07, 6.45) is -8.19. The standard InChI is InChI=1S/C21H28O10/c1-21(2,31-20-19(27)18(26)17(25)14(9-22)30-20)15(23)7-11-6-10-4-5-16(24)29-13(10)8-12(11)28-3/h4-6,8,14-15,17-20,22-23,25-27H,7,9H2,1-3H3. The smallest absolute Gasteiger partial charge is 0.336 e. The fourth-order valence-electron chi connectivity index (χ4n) is 3.49. The fourth-order valence-corrected chi connectivity index (χ4v) is 3.49. The number of benzene rings is 1. The first kappa shape index (κ1) is 23.6. The molecule has 2 aromatic rings. The van der Waals surface area contributed by atoms with E-state index in [1.807, 2.05) is 0 Å². The maximum atomic E-state index is 11.4. The molecule has 5 N–H and O–H groups in total. The monoisotopic (exact) mass is 440 g/mol. The molecule has 0 amide bonds. The Bertz CT molecular complexity index is 953. The summed E-state index contributed by atoms with van der Waals surface area (Å²) in [4.78, 5) is 11.4. The molecule has 10 nitrogen and oxygen atoms in total. The minimum Gasteiger partial charge on any atom is -0.496 e. The minimum absolute atomic E-state index is 0.0860. The van der Waals surface area contributed by atoms with E-state index in [-0.39, 0.29) is 6.42 Å². The molecule has 172 valence electrons. The van der Waals surface area contributed by atoms with Gasteiger partial charge in [0.25, 0.3) is 0 Å². The zero-order valence-electron chi connectivity index (χ0n) is 17.5. The molecule has 31 heavy (non-hydrogen) atoms. The van der Waals surface area contributed by atoms with Gasteiger partial charge in [0.05, 0.1) is 25.4 Å². The van der Waals surface area contributed by atoms with E-state index < -0.39 is 54.6 Å². The minimum atomic E-state index is -1.58. The molecule has 1 aliphatic rings. The SMILES string of the molecule is COc1cc2oc(=O)ccc2cc1CC(O)C(C)(C)OC1OC(CO)C(O)C(O)C1O. The number of aliphatic hydroxyl groups is 5. The number of hydrogen-bond acceptors (Lipinski definition) is 10. The van der Waals surface area contributed by atoms with E-state index in [9.17, 15) is 30.3 Å². The molecule has 0 bridgehead atoms. The first-order chi connectivity index (χ1) is 14.6. The lowest BCUT2D eigenvalue weighted by Crippen LogP contribution is -2.61. The van der Waals surface area contributed by atoms with E-state index in [0.717, 1.165) is 0 Å². The van der Waals surface area contributed by atoms with E-state index in [4.69, 9.17) is 18.6 Å². The summed E-state index contributed by atoms with van der Waals surface area (Å²) in [7, 11) is 1.45. The highest BCUT2D eigenvalue weighted by atomic mass is 16.7. The average Bonchev–Trinajstić information content (AvgIpc) is 2.73. The molecule has 1 aromatic carbocycles. The van der Waals surface area contributed by atoms with Crippen LogP contribution in [0.5, 0.6) is 5.75 Å². The molecule has 10 heteroatoms. The van der Waals surface area contributed by atoms with Crippen molar-refractivity contribution in [3.8, 4) is 5.75 Å². The third-order valence-corrected chi connectivity index (χ3v) is 5.51. The van der Waals surface area contributed by atoms with Gasteiger partial charge in [0.2, 0.25) is 0 Å². The third-order valence-electron chi connectivity index (χ3n) is 5.51. The van der Waals surface area contributed by atoms with Gasteiger partial charge in [-0.05, 0) is 31.5 Å². The van der Waals surface area contributed by atoms with Crippen LogP contribution in [0.4, 0.5) is 0 Å². The third kappa shape index (κ3) is 4.90. The topological polar surface area (TPSA) is 159 Å². The zero-order chi connectivity index (χ0) is 22.9. The highest BCUT2D eigenvalue weighted by Crippen LogP contribution is 2.31. The molecule has 1 aromatic heterocycles. The van der Waals surface area contributed by atoms with Gasteiger partial charge in [-0.15, -0.1) is 0 Å². The number of methoxy groups -OCH3 is 1. The van der Waals surface area contributed by atoms with Crippen molar-refractivity contribution in [1.29, 1.82) is 0 Å². The lowest BCUT2D eigenvalue weighted by molar-refractivity contribution is -0.331. The van der Waals surface area contributed by atoms with Gasteiger partial charge in [0.1, 0.15) is 35.7 Å². The van der Waals surface area contributed by atoms with Gasteiger partial charge in [-0.25, -0.2) is 4.79 Å². The Kier molecular flexibility index (Phi) is 7.01. The van der Waals surface area contributed by atoms with Gasteiger partial charge in [-0.3, -0.25) is 0 Å². The van der Waals surface area contributed by atoms with E-state index in [1.165, 1.54) is 13.2 Å². The Labute approximate surface area is 178 Å². The Morgan fingerprint density at radius 2 is 1.84 bits per heavy atom. The molecular weight excluding hydrogens is 412 g/mol. The molecule has 0 aliphatic carbocycles. The van der Waals surface area contributed by atoms with Crippen molar-refractivity contribution in [2.24, 2.45) is 0 Å². The first-order valence-corrected chi connectivity index (χ1v) is 9.84. The van der Waals surface area contributed by atoms with Crippen molar-refractivity contribution in [2.45, 2.75) is 62.7 Å². The van der Waals surface area contributed by atoms with Crippen LogP contribution in [0.15, 0.2) is 33.5 Å². The molecule has 0 saturated carbocycles. The first-order valence-electron chi connectivity index (χ1n) is 9.84. The highest BCUT2D eigenvalue weighted by Gasteiger charge is 2.46. The van der Waals surface area contributed by atoms with Crippen molar-refractivity contribution in [3.05, 3.63) is 40.2 Å². The summed E-state index contributed by atoms with van der Waals surface area (Å²) in [5.74, 6) is 0.407. The van der Waals surface area contributed by atoms with Gasteiger partial charge in [-0.2, -0.15) is 0 Å². The van der Waals surface area contributed by atoms with Crippen LogP contribution in [0.1, 0.15) is 19.4 Å². The Morgan fingerprint density at radius 3 is 2.48 bits per heavy atom. The van der Waals surface area contributed by atoms with E-state index in [2.05, 4.69) is 0 Å². The molecule has 2 heterocycles. The maximum absolute atomic E-state index is 11.4. The zero-order valence-corrected chi connectivity index (χ0v) is 17.5. The highest BCUT2D eigenvalue weighted by molar-refractivity contribution is 5.79. The molecule has 1 fully saturated rings. The number of rotatable bonds is 7. The largest absolute Gasteiger partial charge is 0.496 e. The number of fused-ring (bicyclic) bond motifs is 1. The fraction of sp³-hybridized carbons (Fsp3) is 0.571. The van der Waals surface area contributed by atoms with Crippen LogP contribution in [-0.4, -0.2) is 81.7 Å². The van der Waals surface area contributed by atoms with Crippen LogP contribution in [0.3, 0.4) is 0 Å². The summed E-state index contributed by atoms with van der Waals surface area (Å²) < 4.78 is 21.6. The van der Waals surface area contributed by atoms with Crippen molar-refractivity contribution in [1.82, 2.24) is 0 Å². The van der Waals surface area contributed by atoms with Crippen LogP contribution in [0.2, 0.25) is 0 Å². The van der Waals surface area contributed by atoms with E-state index in [1.54, 1.807) is 32.0 Å². The van der Waals surface area contributed by atoms with E-state index >= 15 is 0 Å². The predicted molar refractivity (Wildman–Crippen MR) is 108 cm³/mol. The molecule has 6 atom stereocenters. The summed E-state index contributed by atoms with van der Waals surface area (Å²) in [5.41, 5.74) is -0.783. The summed E-state index contributed by atoms with van der Waals surface area (Å²) >= 11 is 0. The molecule has 1 saturated heterocycles. The number of aliphatic hydroxyl groups excluding tert-OH is 5. The van der Waals surface area contributed by atoms with Gasteiger partial charge < -0.3 is 44.2 Å². The molecule has 6 unspecified atom stereocenters. The van der Waals surface area contributed by atoms with Crippen molar-refractivity contribution in [3.63, 3.8) is 0 Å². The summed E-state index contributed by atoms with van der Waals surface area (Å²) in [5, 5.41) is 50.9. The lowest BCUT2D eigenvalue weighted by atomic mass is 9.93. The second kappa shape index (κ2) is 9.21. The molecule has 0 spiro atoms.